The van der Waals surface area contributed by atoms with Crippen LogP contribution in [0.1, 0.15) is 16.2 Å². The molecule has 4 aromatic rings. The summed E-state index contributed by atoms with van der Waals surface area (Å²) in [6.07, 6.45) is 8.85. The van der Waals surface area contributed by atoms with Crippen molar-refractivity contribution < 1.29 is 4.79 Å². The topological polar surface area (TPSA) is 77.1 Å². The van der Waals surface area contributed by atoms with Crippen LogP contribution in [0.2, 0.25) is 0 Å². The Morgan fingerprint density at radius 3 is 2.96 bits per heavy atom. The van der Waals surface area contributed by atoms with Crippen molar-refractivity contribution in [3.05, 3.63) is 77.2 Å². The van der Waals surface area contributed by atoms with Gasteiger partial charge in [0.1, 0.15) is 11.3 Å². The normalized spacial score (nSPS) is 10.9. The predicted molar refractivity (Wildman–Crippen MR) is 96.4 cm³/mol. The molecule has 4 aromatic heterocycles. The maximum atomic E-state index is 12.3. The van der Waals surface area contributed by atoms with Gasteiger partial charge in [0, 0.05) is 29.3 Å². The minimum Gasteiger partial charge on any atom is -0.318 e. The van der Waals surface area contributed by atoms with Gasteiger partial charge in [-0.2, -0.15) is 5.10 Å². The number of nitrogens with zero attached hydrogens (tertiary/aromatic N) is 5. The third-order valence-electron chi connectivity index (χ3n) is 3.60. The molecule has 0 aliphatic rings. The second kappa shape index (κ2) is 6.48. The van der Waals surface area contributed by atoms with Gasteiger partial charge in [0.25, 0.3) is 5.91 Å². The lowest BCUT2D eigenvalue weighted by atomic mass is 10.3. The molecule has 0 unspecified atom stereocenters. The van der Waals surface area contributed by atoms with Crippen molar-refractivity contribution in [2.75, 3.05) is 5.32 Å². The van der Waals surface area contributed by atoms with E-state index in [2.05, 4.69) is 36.3 Å². The quantitative estimate of drug-likeness (QED) is 0.575. The zero-order valence-corrected chi connectivity index (χ0v) is 14.6. The Kier molecular flexibility index (Phi) is 4.02. The van der Waals surface area contributed by atoms with Crippen molar-refractivity contribution in [1.82, 2.24) is 24.1 Å². The van der Waals surface area contributed by atoms with Gasteiger partial charge in [-0.3, -0.25) is 9.48 Å². The van der Waals surface area contributed by atoms with Crippen molar-refractivity contribution in [3.8, 4) is 0 Å². The molecule has 0 bridgehead atoms. The number of rotatable bonds is 4. The highest BCUT2D eigenvalue weighted by Gasteiger charge is 2.12. The van der Waals surface area contributed by atoms with Gasteiger partial charge >= 0.3 is 0 Å². The number of carbonyl (C=O) groups is 1. The molecule has 0 radical (unpaired) electrons. The summed E-state index contributed by atoms with van der Waals surface area (Å²) in [5.74, 6) is -0.292. The highest BCUT2D eigenvalue weighted by atomic mass is 79.9. The minimum absolute atomic E-state index is 0.292. The third-order valence-corrected chi connectivity index (χ3v) is 4.24. The monoisotopic (exact) mass is 396 g/mol. The summed E-state index contributed by atoms with van der Waals surface area (Å²) in [7, 11) is 0. The average molecular weight is 397 g/mol. The molecule has 0 aromatic carbocycles. The zero-order valence-electron chi connectivity index (χ0n) is 13.0. The van der Waals surface area contributed by atoms with Crippen LogP contribution in [0, 0.1) is 0 Å². The Morgan fingerprint density at radius 1 is 1.20 bits per heavy atom. The number of halogens is 1. The first kappa shape index (κ1) is 15.5. The highest BCUT2D eigenvalue weighted by Crippen LogP contribution is 2.16. The fourth-order valence-electron chi connectivity index (χ4n) is 2.49. The van der Waals surface area contributed by atoms with E-state index in [1.54, 1.807) is 35.4 Å². The van der Waals surface area contributed by atoms with Crippen LogP contribution < -0.4 is 5.32 Å². The summed E-state index contributed by atoms with van der Waals surface area (Å²) >= 11 is 3.32. The van der Waals surface area contributed by atoms with Gasteiger partial charge in [-0.1, -0.05) is 6.07 Å². The Balaban J connectivity index is 1.48. The largest absolute Gasteiger partial charge is 0.318 e. The van der Waals surface area contributed by atoms with Crippen molar-refractivity contribution in [2.45, 2.75) is 6.54 Å². The number of carbonyl (C=O) groups excluding carboxylic acids is 1. The van der Waals surface area contributed by atoms with Gasteiger partial charge < -0.3 is 9.72 Å². The number of anilines is 1. The molecule has 7 nitrogen and oxygen atoms in total. The first-order valence-corrected chi connectivity index (χ1v) is 8.35. The fourth-order valence-corrected chi connectivity index (χ4v) is 2.92. The molecule has 25 heavy (non-hydrogen) atoms. The van der Waals surface area contributed by atoms with Crippen LogP contribution in [0.5, 0.6) is 0 Å². The molecule has 0 atom stereocenters. The minimum atomic E-state index is -0.292. The number of nitrogens with one attached hydrogen (secondary N) is 1. The van der Waals surface area contributed by atoms with Crippen LogP contribution in [0.25, 0.3) is 5.65 Å². The third kappa shape index (κ3) is 3.29. The Hall–Kier alpha value is -3.00. The number of imidazole rings is 1. The van der Waals surface area contributed by atoms with Gasteiger partial charge in [-0.05, 0) is 40.2 Å². The molecule has 0 aliphatic carbocycles. The van der Waals surface area contributed by atoms with E-state index in [0.717, 1.165) is 11.3 Å². The molecule has 8 heteroatoms. The molecule has 1 amide bonds. The standard InChI is InChI=1S/C17H13BrN6O/c18-14-4-3-6-19-16(14)17(25)22-12-8-20-24(10-12)11-13-9-23-7-2-1-5-15(23)21-13/h1-10H,11H2,(H,22,25). The van der Waals surface area contributed by atoms with Crippen LogP contribution in [-0.4, -0.2) is 30.1 Å². The fraction of sp³-hybridized carbons (Fsp3) is 0.0588. The molecule has 4 rings (SSSR count). The van der Waals surface area contributed by atoms with E-state index < -0.39 is 0 Å². The summed E-state index contributed by atoms with van der Waals surface area (Å²) in [4.78, 5) is 20.9. The number of fused-ring (bicyclic) bond motifs is 1. The van der Waals surface area contributed by atoms with Crippen LogP contribution >= 0.6 is 15.9 Å². The Labute approximate surface area is 151 Å². The number of aromatic nitrogens is 5. The van der Waals surface area contributed by atoms with E-state index in [0.29, 0.717) is 22.4 Å². The molecule has 4 heterocycles. The van der Waals surface area contributed by atoms with Crippen LogP contribution in [0.3, 0.4) is 0 Å². The zero-order chi connectivity index (χ0) is 17.2. The SMILES string of the molecule is O=C(Nc1cnn(Cc2cn3ccccc3n2)c1)c1ncccc1Br. The molecular formula is C17H13BrN6O. The molecule has 0 saturated heterocycles. The number of hydrogen-bond donors (Lipinski definition) is 1. The molecule has 1 N–H and O–H groups in total. The first-order valence-electron chi connectivity index (χ1n) is 7.56. The highest BCUT2D eigenvalue weighted by molar-refractivity contribution is 9.10. The van der Waals surface area contributed by atoms with Gasteiger partial charge in [-0.25, -0.2) is 9.97 Å². The van der Waals surface area contributed by atoms with Crippen molar-refractivity contribution in [2.24, 2.45) is 0 Å². The molecular weight excluding hydrogens is 384 g/mol. The van der Waals surface area contributed by atoms with E-state index in [9.17, 15) is 4.79 Å². The van der Waals surface area contributed by atoms with Crippen LogP contribution in [-0.2, 0) is 6.54 Å². The maximum Gasteiger partial charge on any atom is 0.275 e. The summed E-state index contributed by atoms with van der Waals surface area (Å²) in [6.45, 7) is 0.519. The smallest absolute Gasteiger partial charge is 0.275 e. The predicted octanol–water partition coefficient (Wildman–Crippen LogP) is 2.99. The number of pyridine rings is 2. The summed E-state index contributed by atoms with van der Waals surface area (Å²) in [5.41, 5.74) is 2.71. The van der Waals surface area contributed by atoms with Crippen LogP contribution in [0.4, 0.5) is 5.69 Å². The lowest BCUT2D eigenvalue weighted by molar-refractivity contribution is 0.102. The molecule has 124 valence electrons. The van der Waals surface area contributed by atoms with Gasteiger partial charge in [0.2, 0.25) is 0 Å². The maximum absolute atomic E-state index is 12.3. The molecule has 0 saturated carbocycles. The lowest BCUT2D eigenvalue weighted by Crippen LogP contribution is -2.13. The summed E-state index contributed by atoms with van der Waals surface area (Å²) in [6, 6.07) is 9.38. The summed E-state index contributed by atoms with van der Waals surface area (Å²) in [5, 5.41) is 7.06. The average Bonchev–Trinajstić information content (AvgIpc) is 3.21. The Morgan fingerprint density at radius 2 is 2.12 bits per heavy atom. The second-order valence-corrected chi connectivity index (χ2v) is 6.27. The second-order valence-electron chi connectivity index (χ2n) is 5.41. The van der Waals surface area contributed by atoms with E-state index in [1.165, 1.54) is 0 Å². The van der Waals surface area contributed by atoms with E-state index >= 15 is 0 Å². The summed E-state index contributed by atoms with van der Waals surface area (Å²) < 4.78 is 4.33. The molecule has 0 spiro atoms. The van der Waals surface area contributed by atoms with Gasteiger partial charge in [0.15, 0.2) is 0 Å². The first-order chi connectivity index (χ1) is 12.2. The van der Waals surface area contributed by atoms with E-state index in [1.807, 2.05) is 35.0 Å². The van der Waals surface area contributed by atoms with Gasteiger partial charge in [-0.15, -0.1) is 0 Å². The number of amides is 1. The van der Waals surface area contributed by atoms with Gasteiger partial charge in [0.05, 0.1) is 24.1 Å². The van der Waals surface area contributed by atoms with Crippen LogP contribution in [0.15, 0.2) is 65.8 Å². The van der Waals surface area contributed by atoms with E-state index in [4.69, 9.17) is 0 Å². The lowest BCUT2D eigenvalue weighted by Gasteiger charge is -2.03. The van der Waals surface area contributed by atoms with Crippen molar-refractivity contribution in [1.29, 1.82) is 0 Å². The number of hydrogen-bond acceptors (Lipinski definition) is 4. The molecule has 0 aliphatic heterocycles. The van der Waals surface area contributed by atoms with E-state index in [-0.39, 0.29) is 5.91 Å². The van der Waals surface area contributed by atoms with Crippen molar-refractivity contribution in [3.63, 3.8) is 0 Å². The van der Waals surface area contributed by atoms with Crippen molar-refractivity contribution >= 4 is 33.2 Å². The molecule has 0 fully saturated rings. The Bertz CT molecular complexity index is 1020.